The average molecular weight is 143 g/mol. The Bertz CT molecular complexity index is 107. The van der Waals surface area contributed by atoms with Crippen molar-refractivity contribution in [1.29, 1.82) is 0 Å². The number of rotatable bonds is 2. The molecule has 0 aliphatic rings. The van der Waals surface area contributed by atoms with Gasteiger partial charge in [-0.1, -0.05) is 0 Å². The fraction of sp³-hybridized carbons (Fsp3) is 0.857. The number of aliphatic imine (C=N–C) groups is 1. The number of hydrogen-bond acceptors (Lipinski definition) is 1. The topological polar surface area (TPSA) is 27.6 Å². The van der Waals surface area contributed by atoms with E-state index in [1.54, 1.807) is 0 Å². The minimum absolute atomic E-state index is 0.834. The van der Waals surface area contributed by atoms with Crippen LogP contribution in [0.2, 0.25) is 0 Å². The van der Waals surface area contributed by atoms with E-state index >= 15 is 0 Å². The zero-order valence-electron chi connectivity index (χ0n) is 7.31. The average Bonchev–Trinajstić information content (AvgIpc) is 1.87. The maximum absolute atomic E-state index is 4.24. The molecular formula is C7H17N3. The van der Waals surface area contributed by atoms with Gasteiger partial charge < -0.3 is 10.2 Å². The smallest absolute Gasteiger partial charge is 0.193 e. The number of nitrogens with zero attached hydrogens (tertiary/aromatic N) is 2. The molecule has 0 unspecified atom stereocenters. The van der Waals surface area contributed by atoms with Gasteiger partial charge in [0, 0.05) is 27.2 Å². The van der Waals surface area contributed by atoms with Crippen molar-refractivity contribution in [3.05, 3.63) is 0 Å². The van der Waals surface area contributed by atoms with Gasteiger partial charge in [-0.3, -0.25) is 4.99 Å². The Balaban J connectivity index is 3.85. The molecule has 0 amide bonds. The maximum Gasteiger partial charge on any atom is 0.193 e. The summed E-state index contributed by atoms with van der Waals surface area (Å²) in [5, 5.41) is 3.16. The molecule has 3 heteroatoms. The molecule has 1 N–H and O–H groups in total. The van der Waals surface area contributed by atoms with Crippen LogP contribution >= 0.6 is 0 Å². The Morgan fingerprint density at radius 2 is 2.00 bits per heavy atom. The second-order valence-corrected chi connectivity index (χ2v) is 2.22. The molecule has 0 bridgehead atoms. The van der Waals surface area contributed by atoms with Crippen LogP contribution in [0.25, 0.3) is 0 Å². The third-order valence-electron chi connectivity index (χ3n) is 1.07. The van der Waals surface area contributed by atoms with Gasteiger partial charge in [-0.25, -0.2) is 0 Å². The van der Waals surface area contributed by atoms with E-state index in [0.29, 0.717) is 0 Å². The van der Waals surface area contributed by atoms with Gasteiger partial charge in [0.15, 0.2) is 5.96 Å². The minimum Gasteiger partial charge on any atom is -0.357 e. The molecule has 0 spiro atoms. The molecule has 0 saturated heterocycles. The summed E-state index contributed by atoms with van der Waals surface area (Å²) >= 11 is 0. The Morgan fingerprint density at radius 3 is 2.30 bits per heavy atom. The SMILES string of the molecule is CCN=C(NCC)N(C)C. The Hall–Kier alpha value is -0.730. The lowest BCUT2D eigenvalue weighted by molar-refractivity contribution is 0.585. The quantitative estimate of drug-likeness (QED) is 0.451. The highest BCUT2D eigenvalue weighted by atomic mass is 15.3. The fourth-order valence-electron chi connectivity index (χ4n) is 0.663. The van der Waals surface area contributed by atoms with Crippen molar-refractivity contribution < 1.29 is 0 Å². The van der Waals surface area contributed by atoms with Gasteiger partial charge >= 0.3 is 0 Å². The first kappa shape index (κ1) is 9.27. The van der Waals surface area contributed by atoms with Crippen molar-refractivity contribution in [2.45, 2.75) is 13.8 Å². The Kier molecular flexibility index (Phi) is 4.72. The summed E-state index contributed by atoms with van der Waals surface area (Å²) in [6, 6.07) is 0. The van der Waals surface area contributed by atoms with E-state index in [4.69, 9.17) is 0 Å². The summed E-state index contributed by atoms with van der Waals surface area (Å²) in [7, 11) is 3.97. The standard InChI is InChI=1S/C7H17N3/c1-5-8-7(9-6-2)10(3)4/h5-6H2,1-4H3,(H,8,9). The van der Waals surface area contributed by atoms with E-state index in [-0.39, 0.29) is 0 Å². The van der Waals surface area contributed by atoms with Crippen molar-refractivity contribution in [3.63, 3.8) is 0 Å². The van der Waals surface area contributed by atoms with Gasteiger partial charge in [-0.15, -0.1) is 0 Å². The van der Waals surface area contributed by atoms with Crippen LogP contribution in [0.4, 0.5) is 0 Å². The van der Waals surface area contributed by atoms with E-state index in [0.717, 1.165) is 19.0 Å². The van der Waals surface area contributed by atoms with Gasteiger partial charge in [0.2, 0.25) is 0 Å². The molecule has 0 aromatic heterocycles. The zero-order valence-corrected chi connectivity index (χ0v) is 7.31. The van der Waals surface area contributed by atoms with Crippen LogP contribution in [0.5, 0.6) is 0 Å². The molecule has 0 aliphatic heterocycles. The first-order valence-corrected chi connectivity index (χ1v) is 3.68. The van der Waals surface area contributed by atoms with Crippen LogP contribution in [0.3, 0.4) is 0 Å². The first-order chi connectivity index (χ1) is 4.72. The van der Waals surface area contributed by atoms with Crippen molar-refractivity contribution in [3.8, 4) is 0 Å². The van der Waals surface area contributed by atoms with Crippen molar-refractivity contribution >= 4 is 5.96 Å². The molecule has 0 rings (SSSR count). The first-order valence-electron chi connectivity index (χ1n) is 3.68. The third-order valence-corrected chi connectivity index (χ3v) is 1.07. The van der Waals surface area contributed by atoms with Crippen LogP contribution in [0.1, 0.15) is 13.8 Å². The van der Waals surface area contributed by atoms with Crippen LogP contribution in [0, 0.1) is 0 Å². The molecule has 60 valence electrons. The molecule has 0 aromatic carbocycles. The van der Waals surface area contributed by atoms with Gasteiger partial charge in [-0.05, 0) is 13.8 Å². The summed E-state index contributed by atoms with van der Waals surface area (Å²) in [6.07, 6.45) is 0. The highest BCUT2D eigenvalue weighted by Gasteiger charge is 1.95. The summed E-state index contributed by atoms with van der Waals surface area (Å²) < 4.78 is 0. The molecular weight excluding hydrogens is 126 g/mol. The number of guanidine groups is 1. The van der Waals surface area contributed by atoms with Gasteiger partial charge in [0.25, 0.3) is 0 Å². The molecule has 3 nitrogen and oxygen atoms in total. The van der Waals surface area contributed by atoms with E-state index < -0.39 is 0 Å². The zero-order chi connectivity index (χ0) is 7.98. The lowest BCUT2D eigenvalue weighted by atomic mass is 10.6. The lowest BCUT2D eigenvalue weighted by Gasteiger charge is -2.15. The largest absolute Gasteiger partial charge is 0.357 e. The molecule has 0 aromatic rings. The maximum atomic E-state index is 4.24. The molecule has 0 atom stereocenters. The summed E-state index contributed by atoms with van der Waals surface area (Å²) in [5.74, 6) is 0.963. The highest BCUT2D eigenvalue weighted by molar-refractivity contribution is 5.79. The normalized spacial score (nSPS) is 11.4. The molecule has 0 fully saturated rings. The van der Waals surface area contributed by atoms with Crippen molar-refractivity contribution in [2.75, 3.05) is 27.2 Å². The molecule has 0 aliphatic carbocycles. The summed E-state index contributed by atoms with van der Waals surface area (Å²) in [4.78, 5) is 6.22. The Morgan fingerprint density at radius 1 is 1.40 bits per heavy atom. The fourth-order valence-corrected chi connectivity index (χ4v) is 0.663. The summed E-state index contributed by atoms with van der Waals surface area (Å²) in [6.45, 7) is 5.85. The minimum atomic E-state index is 0.834. The monoisotopic (exact) mass is 143 g/mol. The van der Waals surface area contributed by atoms with E-state index in [9.17, 15) is 0 Å². The van der Waals surface area contributed by atoms with E-state index in [1.807, 2.05) is 25.9 Å². The van der Waals surface area contributed by atoms with Crippen LogP contribution in [-0.2, 0) is 0 Å². The van der Waals surface area contributed by atoms with E-state index in [1.165, 1.54) is 0 Å². The predicted molar refractivity (Wildman–Crippen MR) is 45.3 cm³/mol. The van der Waals surface area contributed by atoms with E-state index in [2.05, 4.69) is 17.2 Å². The van der Waals surface area contributed by atoms with Gasteiger partial charge in [0.1, 0.15) is 0 Å². The van der Waals surface area contributed by atoms with Crippen molar-refractivity contribution in [2.24, 2.45) is 4.99 Å². The van der Waals surface area contributed by atoms with Crippen LogP contribution in [-0.4, -0.2) is 38.0 Å². The molecule has 10 heavy (non-hydrogen) atoms. The van der Waals surface area contributed by atoms with Crippen molar-refractivity contribution in [1.82, 2.24) is 10.2 Å². The lowest BCUT2D eigenvalue weighted by Crippen LogP contribution is -2.36. The highest BCUT2D eigenvalue weighted by Crippen LogP contribution is 1.79. The molecule has 0 heterocycles. The van der Waals surface area contributed by atoms with Crippen LogP contribution < -0.4 is 5.32 Å². The Labute approximate surface area is 63.1 Å². The molecule has 0 saturated carbocycles. The molecule has 0 radical (unpaired) electrons. The summed E-state index contributed by atoms with van der Waals surface area (Å²) in [5.41, 5.74) is 0. The third kappa shape index (κ3) is 3.33. The predicted octanol–water partition coefficient (Wildman–Crippen LogP) is 0.533. The van der Waals surface area contributed by atoms with Crippen LogP contribution in [0.15, 0.2) is 4.99 Å². The van der Waals surface area contributed by atoms with Gasteiger partial charge in [-0.2, -0.15) is 0 Å². The van der Waals surface area contributed by atoms with Gasteiger partial charge in [0.05, 0.1) is 0 Å². The number of hydrogen-bond donors (Lipinski definition) is 1. The second-order valence-electron chi connectivity index (χ2n) is 2.22. The second kappa shape index (κ2) is 5.09. The number of nitrogens with one attached hydrogen (secondary N) is 1.